The van der Waals surface area contributed by atoms with Gasteiger partial charge in [0.2, 0.25) is 0 Å². The van der Waals surface area contributed by atoms with Gasteiger partial charge in [0, 0.05) is 6.42 Å². The summed E-state index contributed by atoms with van der Waals surface area (Å²) in [5.41, 5.74) is 4.50. The topological polar surface area (TPSA) is 43.1 Å². The quantitative estimate of drug-likeness (QED) is 0.527. The zero-order valence-electron chi connectivity index (χ0n) is 5.19. The van der Waals surface area contributed by atoms with E-state index < -0.39 is 0 Å². The average molecular weight is 103 g/mol. The second kappa shape index (κ2) is 9.16. The lowest BCUT2D eigenvalue weighted by atomic mass is 10.4. The molecule has 0 saturated heterocycles. The zero-order valence-corrected chi connectivity index (χ0v) is 5.19. The second-order valence-electron chi connectivity index (χ2n) is 1.06. The van der Waals surface area contributed by atoms with Crippen LogP contribution in [0.5, 0.6) is 0 Å². The first-order valence-electron chi connectivity index (χ1n) is 2.34. The van der Waals surface area contributed by atoms with Crippen molar-refractivity contribution in [2.24, 2.45) is 5.73 Å². The summed E-state index contributed by atoms with van der Waals surface area (Å²) in [6.07, 6.45) is 0.667. The highest BCUT2D eigenvalue weighted by Crippen LogP contribution is 1.71. The first-order chi connectivity index (χ1) is 3.27. The maximum absolute atomic E-state index is 9.81. The van der Waals surface area contributed by atoms with Crippen LogP contribution < -0.4 is 5.73 Å². The van der Waals surface area contributed by atoms with E-state index in [1.807, 2.05) is 6.92 Å². The van der Waals surface area contributed by atoms with Crippen molar-refractivity contribution in [2.75, 3.05) is 7.05 Å². The van der Waals surface area contributed by atoms with E-state index in [4.69, 9.17) is 0 Å². The molecule has 2 heteroatoms. The van der Waals surface area contributed by atoms with Gasteiger partial charge < -0.3 is 10.5 Å². The van der Waals surface area contributed by atoms with Gasteiger partial charge in [0.15, 0.2) is 0 Å². The molecular weight excluding hydrogens is 90.1 g/mol. The standard InChI is InChI=1S/C4H8O.CH5N/c1-3-4(2)5;1-2/h3H2,1-2H3;2H2,1H3. The maximum atomic E-state index is 9.81. The number of rotatable bonds is 1. The minimum atomic E-state index is 0.255. The first-order valence-corrected chi connectivity index (χ1v) is 2.34. The normalized spacial score (nSPS) is 6.29. The largest absolute Gasteiger partial charge is 0.333 e. The molecule has 2 N–H and O–H groups in total. The van der Waals surface area contributed by atoms with Crippen molar-refractivity contribution in [3.05, 3.63) is 0 Å². The predicted molar refractivity (Wildman–Crippen MR) is 31.1 cm³/mol. The molecular formula is C5H13NO. The number of carbonyl (C=O) groups is 1. The minimum Gasteiger partial charge on any atom is -0.333 e. The molecule has 0 aromatic heterocycles. The summed E-state index contributed by atoms with van der Waals surface area (Å²) in [7, 11) is 1.50. The average Bonchev–Trinajstić information content (AvgIpc) is 1.73. The van der Waals surface area contributed by atoms with Gasteiger partial charge >= 0.3 is 0 Å². The maximum Gasteiger partial charge on any atom is 0.129 e. The van der Waals surface area contributed by atoms with Crippen LogP contribution in [0.1, 0.15) is 20.3 Å². The molecule has 0 atom stereocenters. The van der Waals surface area contributed by atoms with E-state index in [0.717, 1.165) is 0 Å². The van der Waals surface area contributed by atoms with Gasteiger partial charge in [-0.15, -0.1) is 0 Å². The lowest BCUT2D eigenvalue weighted by Gasteiger charge is -1.71. The highest BCUT2D eigenvalue weighted by Gasteiger charge is 1.76. The molecule has 44 valence electrons. The van der Waals surface area contributed by atoms with Crippen LogP contribution in [0, 0.1) is 0 Å². The molecule has 2 nitrogen and oxygen atoms in total. The van der Waals surface area contributed by atoms with Crippen LogP contribution in [0.25, 0.3) is 0 Å². The van der Waals surface area contributed by atoms with Gasteiger partial charge in [0.05, 0.1) is 0 Å². The van der Waals surface area contributed by atoms with Crippen molar-refractivity contribution in [1.29, 1.82) is 0 Å². The molecule has 0 bridgehead atoms. The molecule has 0 fully saturated rings. The number of nitrogens with two attached hydrogens (primary N) is 1. The van der Waals surface area contributed by atoms with E-state index in [1.54, 1.807) is 6.92 Å². The Balaban J connectivity index is 0. The van der Waals surface area contributed by atoms with Crippen LogP contribution in [0.3, 0.4) is 0 Å². The van der Waals surface area contributed by atoms with Crippen LogP contribution in [-0.4, -0.2) is 12.8 Å². The van der Waals surface area contributed by atoms with Crippen LogP contribution in [-0.2, 0) is 4.79 Å². The summed E-state index contributed by atoms with van der Waals surface area (Å²) in [5, 5.41) is 0. The molecule has 0 radical (unpaired) electrons. The van der Waals surface area contributed by atoms with Crippen molar-refractivity contribution < 1.29 is 4.79 Å². The van der Waals surface area contributed by atoms with Gasteiger partial charge in [-0.25, -0.2) is 0 Å². The van der Waals surface area contributed by atoms with E-state index in [9.17, 15) is 4.79 Å². The van der Waals surface area contributed by atoms with E-state index in [0.29, 0.717) is 6.42 Å². The molecule has 0 unspecified atom stereocenters. The van der Waals surface area contributed by atoms with Crippen molar-refractivity contribution >= 4 is 5.78 Å². The molecule has 0 spiro atoms. The van der Waals surface area contributed by atoms with E-state index in [-0.39, 0.29) is 5.78 Å². The Labute approximate surface area is 44.7 Å². The Morgan fingerprint density at radius 3 is 1.71 bits per heavy atom. The molecule has 0 heterocycles. The molecule has 0 rings (SSSR count). The van der Waals surface area contributed by atoms with Crippen LogP contribution >= 0.6 is 0 Å². The monoisotopic (exact) mass is 103 g/mol. The number of hydrogen-bond acceptors (Lipinski definition) is 2. The highest BCUT2D eigenvalue weighted by molar-refractivity contribution is 5.74. The van der Waals surface area contributed by atoms with E-state index >= 15 is 0 Å². The summed E-state index contributed by atoms with van der Waals surface area (Å²) in [4.78, 5) is 9.81. The third-order valence-corrected chi connectivity index (χ3v) is 0.498. The number of Topliss-reactive ketones (excluding diaryl/α,β-unsaturated/α-hetero) is 1. The third-order valence-electron chi connectivity index (χ3n) is 0.498. The second-order valence-corrected chi connectivity index (χ2v) is 1.06. The van der Waals surface area contributed by atoms with Crippen molar-refractivity contribution in [3.63, 3.8) is 0 Å². The Hall–Kier alpha value is -0.370. The minimum absolute atomic E-state index is 0.255. The smallest absolute Gasteiger partial charge is 0.129 e. The predicted octanol–water partition coefficient (Wildman–Crippen LogP) is 0.560. The summed E-state index contributed by atoms with van der Waals surface area (Å²) in [6, 6.07) is 0. The Morgan fingerprint density at radius 1 is 1.57 bits per heavy atom. The number of ketones is 1. The molecule has 7 heavy (non-hydrogen) atoms. The van der Waals surface area contributed by atoms with Crippen LogP contribution in [0.4, 0.5) is 0 Å². The van der Waals surface area contributed by atoms with Gasteiger partial charge in [-0.3, -0.25) is 0 Å². The fourth-order valence-corrected chi connectivity index (χ4v) is 0. The fraction of sp³-hybridized carbons (Fsp3) is 0.800. The molecule has 0 amide bonds. The van der Waals surface area contributed by atoms with Gasteiger partial charge in [0.1, 0.15) is 5.78 Å². The van der Waals surface area contributed by atoms with Crippen LogP contribution in [0.2, 0.25) is 0 Å². The number of carbonyl (C=O) groups excluding carboxylic acids is 1. The molecule has 0 saturated carbocycles. The van der Waals surface area contributed by atoms with Gasteiger partial charge in [-0.2, -0.15) is 0 Å². The molecule has 0 aliphatic rings. The Bertz CT molecular complexity index is 43.3. The van der Waals surface area contributed by atoms with Gasteiger partial charge in [-0.1, -0.05) is 6.92 Å². The lowest BCUT2D eigenvalue weighted by molar-refractivity contribution is -0.116. The molecule has 0 aliphatic carbocycles. The van der Waals surface area contributed by atoms with Crippen molar-refractivity contribution in [1.82, 2.24) is 0 Å². The van der Waals surface area contributed by atoms with E-state index in [2.05, 4.69) is 5.73 Å². The van der Waals surface area contributed by atoms with Crippen molar-refractivity contribution in [3.8, 4) is 0 Å². The SMILES string of the molecule is CCC(C)=O.CN. The molecule has 0 aromatic carbocycles. The summed E-state index contributed by atoms with van der Waals surface area (Å²) >= 11 is 0. The molecule has 0 aliphatic heterocycles. The third kappa shape index (κ3) is 27.9. The summed E-state index contributed by atoms with van der Waals surface area (Å²) in [6.45, 7) is 3.43. The zero-order chi connectivity index (χ0) is 6.28. The highest BCUT2D eigenvalue weighted by atomic mass is 16.1. The van der Waals surface area contributed by atoms with Gasteiger partial charge in [-0.05, 0) is 14.0 Å². The Kier molecular flexibility index (Phi) is 12.8. The van der Waals surface area contributed by atoms with Gasteiger partial charge in [0.25, 0.3) is 0 Å². The summed E-state index contributed by atoms with van der Waals surface area (Å²) in [5.74, 6) is 0.255. The van der Waals surface area contributed by atoms with Crippen molar-refractivity contribution in [2.45, 2.75) is 20.3 Å². The number of hydrogen-bond donors (Lipinski definition) is 1. The fourth-order valence-electron chi connectivity index (χ4n) is 0. The lowest BCUT2D eigenvalue weighted by Crippen LogP contribution is -1.80. The van der Waals surface area contributed by atoms with Crippen LogP contribution in [0.15, 0.2) is 0 Å². The van der Waals surface area contributed by atoms with E-state index in [1.165, 1.54) is 7.05 Å². The summed E-state index contributed by atoms with van der Waals surface area (Å²) < 4.78 is 0. The molecule has 0 aromatic rings. The Morgan fingerprint density at radius 2 is 1.71 bits per heavy atom. The first kappa shape index (κ1) is 9.80.